The average Bonchev–Trinajstić information content (AvgIpc) is 2.04. The van der Waals surface area contributed by atoms with E-state index in [0.717, 1.165) is 0 Å². The molecule has 0 spiro atoms. The lowest BCUT2D eigenvalue weighted by Crippen LogP contribution is -1.98. The Labute approximate surface area is 80.2 Å². The van der Waals surface area contributed by atoms with Crippen LogP contribution in [-0.4, -0.2) is 18.5 Å². The van der Waals surface area contributed by atoms with Gasteiger partial charge in [-0.1, -0.05) is 0 Å². The first kappa shape index (κ1) is 11.4. The highest BCUT2D eigenvalue weighted by atomic mass is 32.2. The Hall–Kier alpha value is -0.600. The second kappa shape index (κ2) is 5.98. The average molecular weight is 203 g/mol. The molecule has 3 nitrogen and oxygen atoms in total. The standard InChI is InChI=1S/C7H9NO2S2/c1-5(9)10-6(4-8)7(11-2)12-3/h1-3H3. The number of allylic oxidation sites excluding steroid dienone is 1. The number of ether oxygens (including phenoxy) is 1. The Morgan fingerprint density at radius 1 is 1.42 bits per heavy atom. The largest absolute Gasteiger partial charge is 0.413 e. The lowest BCUT2D eigenvalue weighted by atomic mass is 10.6. The van der Waals surface area contributed by atoms with Crippen molar-refractivity contribution in [1.82, 2.24) is 0 Å². The molecule has 0 radical (unpaired) electrons. The minimum absolute atomic E-state index is 0.0856. The van der Waals surface area contributed by atoms with Crippen molar-refractivity contribution in [2.75, 3.05) is 12.5 Å². The number of nitriles is 1. The monoisotopic (exact) mass is 203 g/mol. The summed E-state index contributed by atoms with van der Waals surface area (Å²) in [5, 5.41) is 8.60. The Balaban J connectivity index is 4.61. The molecular weight excluding hydrogens is 194 g/mol. The van der Waals surface area contributed by atoms with Crippen molar-refractivity contribution in [3.05, 3.63) is 10.00 Å². The van der Waals surface area contributed by atoms with E-state index in [2.05, 4.69) is 4.74 Å². The maximum atomic E-state index is 10.5. The number of rotatable bonds is 3. The van der Waals surface area contributed by atoms with E-state index >= 15 is 0 Å². The van der Waals surface area contributed by atoms with Gasteiger partial charge in [0.25, 0.3) is 0 Å². The minimum Gasteiger partial charge on any atom is -0.413 e. The molecule has 0 aromatic carbocycles. The summed E-state index contributed by atoms with van der Waals surface area (Å²) in [6, 6.07) is 1.83. The molecule has 66 valence electrons. The van der Waals surface area contributed by atoms with Crippen LogP contribution in [-0.2, 0) is 9.53 Å². The molecule has 12 heavy (non-hydrogen) atoms. The van der Waals surface area contributed by atoms with Gasteiger partial charge in [0, 0.05) is 6.92 Å². The molecule has 5 heteroatoms. The molecule has 0 aliphatic carbocycles. The van der Waals surface area contributed by atoms with Crippen LogP contribution in [0, 0.1) is 11.3 Å². The van der Waals surface area contributed by atoms with Crippen molar-refractivity contribution >= 4 is 29.5 Å². The Bertz CT molecular complexity index is 236. The zero-order valence-electron chi connectivity index (χ0n) is 7.08. The van der Waals surface area contributed by atoms with Crippen LogP contribution in [0.5, 0.6) is 0 Å². The van der Waals surface area contributed by atoms with Gasteiger partial charge in [-0.3, -0.25) is 4.79 Å². The third kappa shape index (κ3) is 3.69. The molecule has 0 fully saturated rings. The lowest BCUT2D eigenvalue weighted by molar-refractivity contribution is -0.136. The van der Waals surface area contributed by atoms with Crippen LogP contribution in [0.2, 0.25) is 0 Å². The van der Waals surface area contributed by atoms with E-state index in [1.54, 1.807) is 0 Å². The summed E-state index contributed by atoms with van der Waals surface area (Å²) in [6.45, 7) is 1.27. The van der Waals surface area contributed by atoms with Gasteiger partial charge in [-0.25, -0.2) is 0 Å². The molecule has 0 saturated carbocycles. The SMILES string of the molecule is CSC(SC)=C(C#N)OC(C)=O. The lowest BCUT2D eigenvalue weighted by Gasteiger charge is -2.02. The van der Waals surface area contributed by atoms with Crippen molar-refractivity contribution in [3.63, 3.8) is 0 Å². The molecule has 0 saturated heterocycles. The molecule has 0 aromatic rings. The second-order valence-electron chi connectivity index (χ2n) is 1.73. The summed E-state index contributed by atoms with van der Waals surface area (Å²) in [6.07, 6.45) is 3.65. The van der Waals surface area contributed by atoms with Crippen LogP contribution in [0.4, 0.5) is 0 Å². The summed E-state index contributed by atoms with van der Waals surface area (Å²) in [7, 11) is 0. The topological polar surface area (TPSA) is 50.1 Å². The van der Waals surface area contributed by atoms with Crippen LogP contribution in [0.3, 0.4) is 0 Å². The van der Waals surface area contributed by atoms with Gasteiger partial charge in [0.05, 0.1) is 4.24 Å². The molecule has 0 aliphatic heterocycles. The smallest absolute Gasteiger partial charge is 0.308 e. The number of hydrogen-bond acceptors (Lipinski definition) is 5. The number of carbonyl (C=O) groups is 1. The highest BCUT2D eigenvalue weighted by Gasteiger charge is 2.07. The molecule has 0 aromatic heterocycles. The van der Waals surface area contributed by atoms with Crippen molar-refractivity contribution in [2.45, 2.75) is 6.92 Å². The Morgan fingerprint density at radius 2 is 1.92 bits per heavy atom. The highest BCUT2D eigenvalue weighted by Crippen LogP contribution is 2.27. The van der Waals surface area contributed by atoms with Crippen LogP contribution in [0.1, 0.15) is 6.92 Å². The van der Waals surface area contributed by atoms with E-state index in [1.165, 1.54) is 30.4 Å². The summed E-state index contributed by atoms with van der Waals surface area (Å²) >= 11 is 2.77. The fourth-order valence-corrected chi connectivity index (χ4v) is 1.73. The molecule has 0 aliphatic rings. The summed E-state index contributed by atoms with van der Waals surface area (Å²) < 4.78 is 5.40. The van der Waals surface area contributed by atoms with Crippen LogP contribution in [0.25, 0.3) is 0 Å². The maximum Gasteiger partial charge on any atom is 0.308 e. The van der Waals surface area contributed by atoms with E-state index in [0.29, 0.717) is 4.24 Å². The first-order chi connectivity index (χ1) is 5.65. The Morgan fingerprint density at radius 3 is 2.17 bits per heavy atom. The maximum absolute atomic E-state index is 10.5. The number of esters is 1. The molecule has 0 N–H and O–H groups in total. The third-order valence-corrected chi connectivity index (χ3v) is 3.02. The fourth-order valence-electron chi connectivity index (χ4n) is 0.523. The van der Waals surface area contributed by atoms with Gasteiger partial charge in [-0.2, -0.15) is 5.26 Å². The normalized spacial score (nSPS) is 8.50. The van der Waals surface area contributed by atoms with Crippen LogP contribution < -0.4 is 0 Å². The van der Waals surface area contributed by atoms with Crippen molar-refractivity contribution in [2.24, 2.45) is 0 Å². The summed E-state index contributed by atoms with van der Waals surface area (Å²) in [4.78, 5) is 10.5. The van der Waals surface area contributed by atoms with E-state index in [4.69, 9.17) is 5.26 Å². The molecule has 0 heterocycles. The highest BCUT2D eigenvalue weighted by molar-refractivity contribution is 8.21. The van der Waals surface area contributed by atoms with Crippen molar-refractivity contribution in [1.29, 1.82) is 5.26 Å². The van der Waals surface area contributed by atoms with Crippen molar-refractivity contribution in [3.8, 4) is 6.07 Å². The molecular formula is C7H9NO2S2. The van der Waals surface area contributed by atoms with Gasteiger partial charge in [0.1, 0.15) is 6.07 Å². The number of hydrogen-bond donors (Lipinski definition) is 0. The van der Waals surface area contributed by atoms with E-state index in [9.17, 15) is 4.79 Å². The van der Waals surface area contributed by atoms with E-state index < -0.39 is 5.97 Å². The van der Waals surface area contributed by atoms with E-state index in [-0.39, 0.29) is 5.76 Å². The van der Waals surface area contributed by atoms with E-state index in [1.807, 2.05) is 18.6 Å². The van der Waals surface area contributed by atoms with Crippen LogP contribution in [0.15, 0.2) is 10.00 Å². The second-order valence-corrected chi connectivity index (χ2v) is 3.62. The first-order valence-electron chi connectivity index (χ1n) is 3.06. The van der Waals surface area contributed by atoms with Crippen LogP contribution >= 0.6 is 23.5 Å². The zero-order valence-corrected chi connectivity index (χ0v) is 8.71. The fraction of sp³-hybridized carbons (Fsp3) is 0.429. The van der Waals surface area contributed by atoms with Gasteiger partial charge in [-0.05, 0) is 12.5 Å². The van der Waals surface area contributed by atoms with Gasteiger partial charge in [0.2, 0.25) is 5.76 Å². The van der Waals surface area contributed by atoms with Gasteiger partial charge < -0.3 is 4.74 Å². The summed E-state index contributed by atoms with van der Waals surface area (Å²) in [5.74, 6) is -0.380. The number of nitrogens with zero attached hydrogens (tertiary/aromatic N) is 1. The third-order valence-electron chi connectivity index (χ3n) is 0.904. The minimum atomic E-state index is -0.466. The number of thioether (sulfide) groups is 2. The summed E-state index contributed by atoms with van der Waals surface area (Å²) in [5.41, 5.74) is 0. The van der Waals surface area contributed by atoms with Gasteiger partial charge in [0.15, 0.2) is 0 Å². The number of carbonyl (C=O) groups excluding carboxylic acids is 1. The molecule has 0 bridgehead atoms. The van der Waals surface area contributed by atoms with Gasteiger partial charge >= 0.3 is 5.97 Å². The first-order valence-corrected chi connectivity index (χ1v) is 5.51. The molecule has 0 unspecified atom stereocenters. The quantitative estimate of drug-likeness (QED) is 0.399. The predicted octanol–water partition coefficient (Wildman–Crippen LogP) is 1.97. The molecule has 0 amide bonds. The van der Waals surface area contributed by atoms with Gasteiger partial charge in [-0.15, -0.1) is 23.5 Å². The molecule has 0 atom stereocenters. The van der Waals surface area contributed by atoms with Crippen molar-refractivity contribution < 1.29 is 9.53 Å². The Kier molecular flexibility index (Phi) is 5.68. The zero-order chi connectivity index (χ0) is 9.56. The molecule has 0 rings (SSSR count). The predicted molar refractivity (Wildman–Crippen MR) is 51.4 cm³/mol.